The van der Waals surface area contributed by atoms with Crippen molar-refractivity contribution >= 4 is 22.8 Å². The molecular formula is C19H20N4O2. The molecule has 0 saturated carbocycles. The average molecular weight is 336 g/mol. The first kappa shape index (κ1) is 15.5. The number of imidazole rings is 1. The van der Waals surface area contributed by atoms with Crippen molar-refractivity contribution in [3.05, 3.63) is 54.4 Å². The maximum atomic E-state index is 12.8. The Kier molecular flexibility index (Phi) is 4.01. The van der Waals surface area contributed by atoms with Gasteiger partial charge in [0.2, 0.25) is 0 Å². The number of methoxy groups -OCH3 is 1. The highest BCUT2D eigenvalue weighted by Gasteiger charge is 2.32. The summed E-state index contributed by atoms with van der Waals surface area (Å²) in [5.41, 5.74) is 2.59. The van der Waals surface area contributed by atoms with Crippen LogP contribution < -0.4 is 10.1 Å². The van der Waals surface area contributed by atoms with Crippen LogP contribution in [-0.4, -0.2) is 34.6 Å². The van der Waals surface area contributed by atoms with Crippen LogP contribution in [0.2, 0.25) is 0 Å². The fourth-order valence-corrected chi connectivity index (χ4v) is 3.36. The highest BCUT2D eigenvalue weighted by atomic mass is 16.5. The van der Waals surface area contributed by atoms with Gasteiger partial charge in [-0.3, -0.25) is 0 Å². The first-order valence-electron chi connectivity index (χ1n) is 8.41. The Bertz CT molecular complexity index is 872. The second kappa shape index (κ2) is 6.47. The number of benzene rings is 2. The van der Waals surface area contributed by atoms with E-state index in [1.54, 1.807) is 7.11 Å². The van der Waals surface area contributed by atoms with Gasteiger partial charge in [0, 0.05) is 6.54 Å². The van der Waals surface area contributed by atoms with Gasteiger partial charge in [-0.25, -0.2) is 9.78 Å². The number of nitrogens with one attached hydrogen (secondary N) is 2. The number of anilines is 1. The molecule has 0 spiro atoms. The lowest BCUT2D eigenvalue weighted by molar-refractivity contribution is 0.205. The van der Waals surface area contributed by atoms with Gasteiger partial charge in [-0.05, 0) is 37.1 Å². The molecule has 128 valence electrons. The van der Waals surface area contributed by atoms with Crippen molar-refractivity contribution in [3.8, 4) is 5.75 Å². The Balaban J connectivity index is 1.57. The quantitative estimate of drug-likeness (QED) is 0.761. The van der Waals surface area contributed by atoms with Crippen LogP contribution in [0, 0.1) is 0 Å². The largest absolute Gasteiger partial charge is 0.495 e. The van der Waals surface area contributed by atoms with E-state index in [1.807, 2.05) is 53.4 Å². The predicted molar refractivity (Wildman–Crippen MR) is 96.8 cm³/mol. The van der Waals surface area contributed by atoms with Crippen molar-refractivity contribution in [1.29, 1.82) is 0 Å². The third-order valence-corrected chi connectivity index (χ3v) is 4.59. The van der Waals surface area contributed by atoms with Gasteiger partial charge in [0.1, 0.15) is 11.6 Å². The Morgan fingerprint density at radius 3 is 2.88 bits per heavy atom. The van der Waals surface area contributed by atoms with Gasteiger partial charge < -0.3 is 19.9 Å². The van der Waals surface area contributed by atoms with Crippen LogP contribution >= 0.6 is 0 Å². The zero-order valence-corrected chi connectivity index (χ0v) is 14.0. The number of rotatable bonds is 3. The molecule has 0 radical (unpaired) electrons. The van der Waals surface area contributed by atoms with Crippen LogP contribution in [0.15, 0.2) is 48.5 Å². The molecule has 4 rings (SSSR count). The molecule has 1 aromatic heterocycles. The van der Waals surface area contributed by atoms with Crippen LogP contribution in [-0.2, 0) is 0 Å². The predicted octanol–water partition coefficient (Wildman–Crippen LogP) is 3.94. The zero-order chi connectivity index (χ0) is 17.2. The normalized spacial score (nSPS) is 17.0. The first-order chi connectivity index (χ1) is 12.3. The summed E-state index contributed by atoms with van der Waals surface area (Å²) in [6.45, 7) is 0.711. The SMILES string of the molecule is COc1ccccc1NC(=O)N1CCC[C@H]1c1nc2ccccc2[nH]1. The van der Waals surface area contributed by atoms with Crippen molar-refractivity contribution in [1.82, 2.24) is 14.9 Å². The molecule has 0 bridgehead atoms. The van der Waals surface area contributed by atoms with E-state index in [9.17, 15) is 4.79 Å². The van der Waals surface area contributed by atoms with Gasteiger partial charge in [-0.2, -0.15) is 0 Å². The molecule has 0 unspecified atom stereocenters. The van der Waals surface area contributed by atoms with Gasteiger partial charge in [0.15, 0.2) is 0 Å². The molecule has 2 aromatic carbocycles. The van der Waals surface area contributed by atoms with Crippen molar-refractivity contribution < 1.29 is 9.53 Å². The number of urea groups is 1. The number of amides is 2. The van der Waals surface area contributed by atoms with E-state index < -0.39 is 0 Å². The Labute approximate surface area is 145 Å². The number of fused-ring (bicyclic) bond motifs is 1. The summed E-state index contributed by atoms with van der Waals surface area (Å²) in [6, 6.07) is 15.2. The highest BCUT2D eigenvalue weighted by Crippen LogP contribution is 2.32. The molecule has 6 nitrogen and oxygen atoms in total. The van der Waals surface area contributed by atoms with Crippen LogP contribution in [0.25, 0.3) is 11.0 Å². The molecular weight excluding hydrogens is 316 g/mol. The van der Waals surface area contributed by atoms with Gasteiger partial charge >= 0.3 is 6.03 Å². The van der Waals surface area contributed by atoms with E-state index in [-0.39, 0.29) is 12.1 Å². The lowest BCUT2D eigenvalue weighted by atomic mass is 10.2. The molecule has 2 amide bonds. The molecule has 2 heterocycles. The topological polar surface area (TPSA) is 70.2 Å². The third kappa shape index (κ3) is 2.91. The van der Waals surface area contributed by atoms with Crippen molar-refractivity contribution in [3.63, 3.8) is 0 Å². The minimum absolute atomic E-state index is 0.0397. The third-order valence-electron chi connectivity index (χ3n) is 4.59. The number of aromatic nitrogens is 2. The Morgan fingerprint density at radius 2 is 2.04 bits per heavy atom. The first-order valence-corrected chi connectivity index (χ1v) is 8.41. The molecule has 1 atom stereocenters. The number of likely N-dealkylation sites (tertiary alicyclic amines) is 1. The Hall–Kier alpha value is -3.02. The molecule has 0 aliphatic carbocycles. The van der Waals surface area contributed by atoms with Gasteiger partial charge in [0.25, 0.3) is 0 Å². The van der Waals surface area contributed by atoms with Crippen LogP contribution in [0.3, 0.4) is 0 Å². The number of carbonyl (C=O) groups excluding carboxylic acids is 1. The number of para-hydroxylation sites is 4. The minimum atomic E-state index is -0.132. The van der Waals surface area contributed by atoms with Gasteiger partial charge in [0.05, 0.1) is 29.9 Å². The molecule has 1 aliphatic heterocycles. The zero-order valence-electron chi connectivity index (χ0n) is 14.0. The summed E-state index contributed by atoms with van der Waals surface area (Å²) >= 11 is 0. The summed E-state index contributed by atoms with van der Waals surface area (Å²) < 4.78 is 5.31. The van der Waals surface area contributed by atoms with E-state index in [1.165, 1.54) is 0 Å². The average Bonchev–Trinajstić information content (AvgIpc) is 3.28. The standard InChI is InChI=1S/C19H20N4O2/c1-25-17-11-5-4-9-15(17)22-19(24)23-12-6-10-16(23)18-20-13-7-2-3-8-14(13)21-18/h2-5,7-9,11,16H,6,10,12H2,1H3,(H,20,21)(H,22,24)/t16-/m0/s1. The molecule has 6 heteroatoms. The molecule has 1 saturated heterocycles. The maximum absolute atomic E-state index is 12.8. The summed E-state index contributed by atoms with van der Waals surface area (Å²) in [5.74, 6) is 1.49. The van der Waals surface area contributed by atoms with Crippen LogP contribution in [0.5, 0.6) is 5.75 Å². The van der Waals surface area contributed by atoms with Crippen LogP contribution in [0.4, 0.5) is 10.5 Å². The summed E-state index contributed by atoms with van der Waals surface area (Å²) in [4.78, 5) is 22.7. The van der Waals surface area contributed by atoms with Crippen molar-refractivity contribution in [2.24, 2.45) is 0 Å². The summed E-state index contributed by atoms with van der Waals surface area (Å²) in [5, 5.41) is 2.96. The van der Waals surface area contributed by atoms with Crippen LogP contribution in [0.1, 0.15) is 24.7 Å². The fraction of sp³-hybridized carbons (Fsp3) is 0.263. The number of ether oxygens (including phenoxy) is 1. The van der Waals surface area contributed by atoms with E-state index >= 15 is 0 Å². The monoisotopic (exact) mass is 336 g/mol. The number of aromatic amines is 1. The molecule has 1 fully saturated rings. The smallest absolute Gasteiger partial charge is 0.322 e. The number of hydrogen-bond donors (Lipinski definition) is 2. The second-order valence-electron chi connectivity index (χ2n) is 6.12. The van der Waals surface area contributed by atoms with E-state index in [0.717, 1.165) is 29.7 Å². The lowest BCUT2D eigenvalue weighted by Gasteiger charge is -2.24. The number of H-pyrrole nitrogens is 1. The molecule has 25 heavy (non-hydrogen) atoms. The maximum Gasteiger partial charge on any atom is 0.322 e. The van der Waals surface area contributed by atoms with E-state index in [4.69, 9.17) is 4.74 Å². The number of nitrogens with zero attached hydrogens (tertiary/aromatic N) is 2. The highest BCUT2D eigenvalue weighted by molar-refractivity contribution is 5.91. The second-order valence-corrected chi connectivity index (χ2v) is 6.12. The van der Waals surface area contributed by atoms with Crippen molar-refractivity contribution in [2.75, 3.05) is 19.0 Å². The Morgan fingerprint density at radius 1 is 1.24 bits per heavy atom. The van der Waals surface area contributed by atoms with Gasteiger partial charge in [-0.1, -0.05) is 24.3 Å². The number of hydrogen-bond acceptors (Lipinski definition) is 3. The van der Waals surface area contributed by atoms with E-state index in [2.05, 4.69) is 15.3 Å². The summed E-state index contributed by atoms with van der Waals surface area (Å²) in [6.07, 6.45) is 1.86. The van der Waals surface area contributed by atoms with E-state index in [0.29, 0.717) is 18.0 Å². The molecule has 1 aliphatic rings. The molecule has 3 aromatic rings. The summed E-state index contributed by atoms with van der Waals surface area (Å²) in [7, 11) is 1.60. The molecule has 2 N–H and O–H groups in total. The van der Waals surface area contributed by atoms with Gasteiger partial charge in [-0.15, -0.1) is 0 Å². The fourth-order valence-electron chi connectivity index (χ4n) is 3.36. The lowest BCUT2D eigenvalue weighted by Crippen LogP contribution is -2.35. The minimum Gasteiger partial charge on any atom is -0.495 e. The number of carbonyl (C=O) groups is 1. The van der Waals surface area contributed by atoms with Crippen molar-refractivity contribution in [2.45, 2.75) is 18.9 Å².